The summed E-state index contributed by atoms with van der Waals surface area (Å²) in [6.45, 7) is 0.481. The van der Waals surface area contributed by atoms with Crippen molar-refractivity contribution in [2.24, 2.45) is 0 Å². The molecule has 1 amide bonds. The molecule has 0 radical (unpaired) electrons. The number of amides is 1. The number of hydrogen-bond acceptors (Lipinski definition) is 6. The molecule has 0 unspecified atom stereocenters. The smallest absolute Gasteiger partial charge is 0.255 e. The second-order valence-electron chi connectivity index (χ2n) is 6.68. The van der Waals surface area contributed by atoms with Crippen molar-refractivity contribution in [2.75, 3.05) is 7.11 Å². The number of carbonyl (C=O) groups excluding carboxylic acids is 1. The summed E-state index contributed by atoms with van der Waals surface area (Å²) in [6.07, 6.45) is 0. The summed E-state index contributed by atoms with van der Waals surface area (Å²) in [5, 5.41) is 11.0. The highest BCUT2D eigenvalue weighted by atomic mass is 16.5. The topological polar surface area (TPSA) is 86.5 Å². The van der Waals surface area contributed by atoms with Crippen LogP contribution in [0.3, 0.4) is 0 Å². The van der Waals surface area contributed by atoms with Crippen molar-refractivity contribution in [3.63, 3.8) is 0 Å². The van der Waals surface area contributed by atoms with E-state index in [-0.39, 0.29) is 12.5 Å². The quantitative estimate of drug-likeness (QED) is 0.463. The van der Waals surface area contributed by atoms with Crippen molar-refractivity contribution in [1.29, 1.82) is 0 Å². The van der Waals surface area contributed by atoms with E-state index in [4.69, 9.17) is 13.9 Å². The Labute approximate surface area is 179 Å². The van der Waals surface area contributed by atoms with E-state index in [1.807, 2.05) is 54.6 Å². The standard InChI is InChI=1S/C24H21N3O4/c1-29-19-13-11-18(12-14-19)24-27-26-22(31-24)16-30-21-10-6-5-9-20(21)23(28)25-15-17-7-3-2-4-8-17/h2-14H,15-16H2,1H3,(H,25,28). The number of para-hydroxylation sites is 1. The van der Waals surface area contributed by atoms with Gasteiger partial charge in [0.15, 0.2) is 6.61 Å². The van der Waals surface area contributed by atoms with Crippen LogP contribution in [0.15, 0.2) is 83.3 Å². The van der Waals surface area contributed by atoms with Crippen molar-refractivity contribution in [3.05, 3.63) is 95.9 Å². The second-order valence-corrected chi connectivity index (χ2v) is 6.68. The van der Waals surface area contributed by atoms with E-state index in [0.29, 0.717) is 29.6 Å². The predicted octanol–water partition coefficient (Wildman–Crippen LogP) is 4.25. The minimum Gasteiger partial charge on any atom is -0.497 e. The molecule has 156 valence electrons. The first-order valence-corrected chi connectivity index (χ1v) is 9.73. The van der Waals surface area contributed by atoms with Crippen LogP contribution in [0.25, 0.3) is 11.5 Å². The molecule has 0 atom stereocenters. The zero-order valence-electron chi connectivity index (χ0n) is 16.9. The molecule has 4 aromatic rings. The Morgan fingerprint density at radius 3 is 2.45 bits per heavy atom. The lowest BCUT2D eigenvalue weighted by Crippen LogP contribution is -2.23. The fourth-order valence-electron chi connectivity index (χ4n) is 2.96. The van der Waals surface area contributed by atoms with E-state index in [1.54, 1.807) is 31.4 Å². The van der Waals surface area contributed by atoms with Crippen LogP contribution in [0.1, 0.15) is 21.8 Å². The van der Waals surface area contributed by atoms with Crippen LogP contribution >= 0.6 is 0 Å². The molecular weight excluding hydrogens is 394 g/mol. The molecule has 0 aliphatic rings. The molecule has 0 aliphatic carbocycles. The van der Waals surface area contributed by atoms with Crippen molar-refractivity contribution in [2.45, 2.75) is 13.2 Å². The van der Waals surface area contributed by atoms with Gasteiger partial charge in [0.05, 0.1) is 12.7 Å². The molecule has 7 heteroatoms. The van der Waals surface area contributed by atoms with Crippen LogP contribution in [0, 0.1) is 0 Å². The lowest BCUT2D eigenvalue weighted by atomic mass is 10.1. The van der Waals surface area contributed by atoms with Crippen molar-refractivity contribution < 1.29 is 18.7 Å². The van der Waals surface area contributed by atoms with E-state index < -0.39 is 0 Å². The fraction of sp³-hybridized carbons (Fsp3) is 0.125. The Bertz CT molecular complexity index is 1140. The molecule has 1 heterocycles. The Kier molecular flexibility index (Phi) is 6.23. The third-order valence-electron chi connectivity index (χ3n) is 4.58. The molecule has 0 saturated heterocycles. The van der Waals surface area contributed by atoms with Crippen molar-refractivity contribution in [1.82, 2.24) is 15.5 Å². The van der Waals surface area contributed by atoms with Gasteiger partial charge >= 0.3 is 0 Å². The van der Waals surface area contributed by atoms with E-state index >= 15 is 0 Å². The predicted molar refractivity (Wildman–Crippen MR) is 115 cm³/mol. The number of rotatable bonds is 8. The minimum atomic E-state index is -0.219. The van der Waals surface area contributed by atoms with Gasteiger partial charge in [-0.2, -0.15) is 0 Å². The number of nitrogens with zero attached hydrogens (tertiary/aromatic N) is 2. The first kappa shape index (κ1) is 20.2. The van der Waals surface area contributed by atoms with Gasteiger partial charge in [0.1, 0.15) is 11.5 Å². The van der Waals surface area contributed by atoms with Crippen LogP contribution in [-0.2, 0) is 13.2 Å². The molecule has 1 aromatic heterocycles. The number of carbonyl (C=O) groups is 1. The lowest BCUT2D eigenvalue weighted by molar-refractivity contribution is 0.0945. The third-order valence-corrected chi connectivity index (χ3v) is 4.58. The highest BCUT2D eigenvalue weighted by Gasteiger charge is 2.14. The Morgan fingerprint density at radius 2 is 1.68 bits per heavy atom. The Balaban J connectivity index is 1.40. The normalized spacial score (nSPS) is 10.5. The SMILES string of the molecule is COc1ccc(-c2nnc(COc3ccccc3C(=O)NCc3ccccc3)o2)cc1. The number of hydrogen-bond donors (Lipinski definition) is 1. The van der Waals surface area contributed by atoms with Crippen molar-refractivity contribution >= 4 is 5.91 Å². The molecule has 31 heavy (non-hydrogen) atoms. The maximum atomic E-state index is 12.6. The van der Waals surface area contributed by atoms with Crippen molar-refractivity contribution in [3.8, 4) is 23.0 Å². The zero-order valence-corrected chi connectivity index (χ0v) is 16.9. The zero-order chi connectivity index (χ0) is 21.5. The van der Waals surface area contributed by atoms with Gasteiger partial charge in [-0.1, -0.05) is 42.5 Å². The number of ether oxygens (including phenoxy) is 2. The maximum absolute atomic E-state index is 12.6. The molecule has 4 rings (SSSR count). The highest BCUT2D eigenvalue weighted by molar-refractivity contribution is 5.96. The van der Waals surface area contributed by atoms with Gasteiger partial charge in [-0.25, -0.2) is 0 Å². The third kappa shape index (κ3) is 5.08. The van der Waals surface area contributed by atoms with Gasteiger partial charge in [0.25, 0.3) is 11.8 Å². The molecule has 0 saturated carbocycles. The molecule has 0 bridgehead atoms. The molecule has 7 nitrogen and oxygen atoms in total. The molecule has 0 fully saturated rings. The van der Waals surface area contributed by atoms with Gasteiger partial charge in [0, 0.05) is 12.1 Å². The van der Waals surface area contributed by atoms with Crippen LogP contribution in [0.5, 0.6) is 11.5 Å². The fourth-order valence-corrected chi connectivity index (χ4v) is 2.96. The van der Waals surface area contributed by atoms with Gasteiger partial charge in [0.2, 0.25) is 5.89 Å². The summed E-state index contributed by atoms with van der Waals surface area (Å²) >= 11 is 0. The monoisotopic (exact) mass is 415 g/mol. The average Bonchev–Trinajstić information content (AvgIpc) is 3.31. The van der Waals surface area contributed by atoms with Gasteiger partial charge in [-0.15, -0.1) is 10.2 Å². The van der Waals surface area contributed by atoms with Crippen LogP contribution in [0.2, 0.25) is 0 Å². The van der Waals surface area contributed by atoms with Gasteiger partial charge < -0.3 is 19.2 Å². The molecule has 1 N–H and O–H groups in total. The minimum absolute atomic E-state index is 0.0478. The maximum Gasteiger partial charge on any atom is 0.255 e. The number of aromatic nitrogens is 2. The van der Waals surface area contributed by atoms with E-state index in [1.165, 1.54) is 0 Å². The summed E-state index contributed by atoms with van der Waals surface area (Å²) < 4.78 is 16.6. The average molecular weight is 415 g/mol. The summed E-state index contributed by atoms with van der Waals surface area (Å²) in [5.74, 6) is 1.66. The second kappa shape index (κ2) is 9.58. The summed E-state index contributed by atoms with van der Waals surface area (Å²) in [7, 11) is 1.61. The van der Waals surface area contributed by atoms with E-state index in [2.05, 4.69) is 15.5 Å². The van der Waals surface area contributed by atoms with E-state index in [0.717, 1.165) is 16.9 Å². The molecular formula is C24H21N3O4. The number of nitrogens with one attached hydrogen (secondary N) is 1. The number of methoxy groups -OCH3 is 1. The Morgan fingerprint density at radius 1 is 0.935 bits per heavy atom. The van der Waals surface area contributed by atoms with Gasteiger partial charge in [-0.3, -0.25) is 4.79 Å². The molecule has 0 aliphatic heterocycles. The summed E-state index contributed by atoms with van der Waals surface area (Å²) in [4.78, 5) is 12.6. The largest absolute Gasteiger partial charge is 0.497 e. The number of benzene rings is 3. The molecule has 3 aromatic carbocycles. The van der Waals surface area contributed by atoms with Crippen LogP contribution in [0.4, 0.5) is 0 Å². The summed E-state index contributed by atoms with van der Waals surface area (Å²) in [6, 6.07) is 24.1. The van der Waals surface area contributed by atoms with Gasteiger partial charge in [-0.05, 0) is 42.0 Å². The summed E-state index contributed by atoms with van der Waals surface area (Å²) in [5.41, 5.74) is 2.24. The van der Waals surface area contributed by atoms with Crippen LogP contribution < -0.4 is 14.8 Å². The van der Waals surface area contributed by atoms with Crippen LogP contribution in [-0.4, -0.2) is 23.2 Å². The van der Waals surface area contributed by atoms with E-state index in [9.17, 15) is 4.79 Å². The first-order chi connectivity index (χ1) is 15.2. The first-order valence-electron chi connectivity index (χ1n) is 9.73. The lowest BCUT2D eigenvalue weighted by Gasteiger charge is -2.10. The Hall–Kier alpha value is -4.13. The highest BCUT2D eigenvalue weighted by Crippen LogP contribution is 2.23. The molecule has 0 spiro atoms.